The zero-order chi connectivity index (χ0) is 10.0. The van der Waals surface area contributed by atoms with Crippen LogP contribution < -0.4 is 0 Å². The first-order valence-corrected chi connectivity index (χ1v) is 9.20. The van der Waals surface area contributed by atoms with Crippen LogP contribution >= 0.6 is 0 Å². The third kappa shape index (κ3) is 2.40. The average molecular weight is 212 g/mol. The second-order valence-corrected chi connectivity index (χ2v) is 9.71. The highest BCUT2D eigenvalue weighted by atomic mass is 28.4. The van der Waals surface area contributed by atoms with Crippen LogP contribution in [0.2, 0.25) is 18.6 Å². The molecule has 0 spiro atoms. The van der Waals surface area contributed by atoms with E-state index in [4.69, 9.17) is 4.43 Å². The van der Waals surface area contributed by atoms with Crippen LogP contribution in [0.25, 0.3) is 0 Å². The molecule has 0 radical (unpaired) electrons. The summed E-state index contributed by atoms with van der Waals surface area (Å²) in [7, 11) is -1.22. The first kappa shape index (κ1) is 10.7. The van der Waals surface area contributed by atoms with Gasteiger partial charge in [0, 0.05) is 6.10 Å². The number of rotatable bonds is 2. The van der Waals surface area contributed by atoms with E-state index in [1.54, 1.807) is 0 Å². The minimum absolute atomic E-state index is 0.624. The Balaban J connectivity index is 1.88. The van der Waals surface area contributed by atoms with E-state index in [0.29, 0.717) is 6.10 Å². The van der Waals surface area contributed by atoms with Crippen LogP contribution in [0, 0.1) is 5.92 Å². The summed E-state index contributed by atoms with van der Waals surface area (Å²) in [5, 5.41) is 0. The molecule has 14 heavy (non-hydrogen) atoms. The monoisotopic (exact) mass is 212 g/mol. The van der Waals surface area contributed by atoms with E-state index >= 15 is 0 Å². The second-order valence-electron chi connectivity index (χ2n) is 5.58. The average Bonchev–Trinajstić information content (AvgIpc) is 2.57. The minimum atomic E-state index is -1.22. The molecule has 82 valence electrons. The maximum Gasteiger partial charge on any atom is 0.190 e. The summed E-state index contributed by atoms with van der Waals surface area (Å²) in [5.41, 5.74) is 0. The van der Waals surface area contributed by atoms with Crippen LogP contribution in [-0.4, -0.2) is 14.4 Å². The summed E-state index contributed by atoms with van der Waals surface area (Å²) in [4.78, 5) is 0. The molecule has 1 saturated carbocycles. The summed E-state index contributed by atoms with van der Waals surface area (Å²) >= 11 is 0. The highest BCUT2D eigenvalue weighted by Crippen LogP contribution is 2.36. The van der Waals surface area contributed by atoms with Crippen molar-refractivity contribution in [3.05, 3.63) is 0 Å². The molecule has 0 aromatic heterocycles. The zero-order valence-corrected chi connectivity index (χ0v) is 10.7. The Hall–Kier alpha value is 0.177. The van der Waals surface area contributed by atoms with Gasteiger partial charge in [0.05, 0.1) is 0 Å². The largest absolute Gasteiger partial charge is 0.414 e. The van der Waals surface area contributed by atoms with Gasteiger partial charge in [-0.3, -0.25) is 0 Å². The van der Waals surface area contributed by atoms with Crippen LogP contribution in [0.5, 0.6) is 0 Å². The van der Waals surface area contributed by atoms with Crippen molar-refractivity contribution in [3.63, 3.8) is 0 Å². The number of hydrogen-bond acceptors (Lipinski definition) is 1. The Morgan fingerprint density at radius 3 is 2.29 bits per heavy atom. The Morgan fingerprint density at radius 2 is 1.64 bits per heavy atom. The van der Waals surface area contributed by atoms with Crippen LogP contribution in [-0.2, 0) is 4.43 Å². The first-order chi connectivity index (χ1) is 6.70. The third-order valence-corrected chi connectivity index (χ3v) is 7.82. The summed E-state index contributed by atoms with van der Waals surface area (Å²) < 4.78 is 6.49. The molecular weight excluding hydrogens is 188 g/mol. The van der Waals surface area contributed by atoms with Gasteiger partial charge in [0.15, 0.2) is 8.32 Å². The molecule has 2 fully saturated rings. The van der Waals surface area contributed by atoms with Gasteiger partial charge >= 0.3 is 0 Å². The Labute approximate surface area is 89.4 Å². The molecule has 1 saturated heterocycles. The van der Waals surface area contributed by atoms with E-state index in [0.717, 1.165) is 5.92 Å². The van der Waals surface area contributed by atoms with Gasteiger partial charge in [-0.25, -0.2) is 0 Å². The summed E-state index contributed by atoms with van der Waals surface area (Å²) in [5.74, 6) is 0.827. The first-order valence-electron chi connectivity index (χ1n) is 6.37. The smallest absolute Gasteiger partial charge is 0.190 e. The van der Waals surface area contributed by atoms with Crippen molar-refractivity contribution in [2.24, 2.45) is 5.92 Å². The lowest BCUT2D eigenvalue weighted by molar-refractivity contribution is 0.0939. The maximum absolute atomic E-state index is 6.49. The normalized spacial score (nSPS) is 37.3. The van der Waals surface area contributed by atoms with E-state index in [-0.39, 0.29) is 0 Å². The van der Waals surface area contributed by atoms with Crippen LogP contribution in [0.3, 0.4) is 0 Å². The predicted molar refractivity (Wildman–Crippen MR) is 63.0 cm³/mol. The molecule has 0 aromatic rings. The van der Waals surface area contributed by atoms with Crippen molar-refractivity contribution >= 4 is 8.32 Å². The summed E-state index contributed by atoms with van der Waals surface area (Å²) in [6.07, 6.45) is 9.06. The molecule has 1 heterocycles. The van der Waals surface area contributed by atoms with Gasteiger partial charge in [-0.1, -0.05) is 32.6 Å². The second kappa shape index (κ2) is 4.36. The molecular formula is C12H24OSi. The van der Waals surface area contributed by atoms with Crippen molar-refractivity contribution in [2.45, 2.75) is 70.2 Å². The molecule has 1 nitrogen and oxygen atoms in total. The lowest BCUT2D eigenvalue weighted by Crippen LogP contribution is -2.39. The molecule has 2 atom stereocenters. The quantitative estimate of drug-likeness (QED) is 0.630. The Morgan fingerprint density at radius 1 is 1.00 bits per heavy atom. The lowest BCUT2D eigenvalue weighted by atomic mass is 9.88. The third-order valence-electron chi connectivity index (χ3n) is 4.13. The van der Waals surface area contributed by atoms with Crippen LogP contribution in [0.1, 0.15) is 45.4 Å². The van der Waals surface area contributed by atoms with Crippen molar-refractivity contribution < 1.29 is 4.43 Å². The van der Waals surface area contributed by atoms with Crippen molar-refractivity contribution in [2.75, 3.05) is 0 Å². The highest BCUT2D eigenvalue weighted by Gasteiger charge is 2.37. The van der Waals surface area contributed by atoms with Gasteiger partial charge in [0.1, 0.15) is 0 Å². The van der Waals surface area contributed by atoms with Crippen molar-refractivity contribution in [1.29, 1.82) is 0 Å². The van der Waals surface area contributed by atoms with Gasteiger partial charge in [-0.05, 0) is 37.4 Å². The summed E-state index contributed by atoms with van der Waals surface area (Å²) in [6, 6.07) is 2.85. The molecule has 0 N–H and O–H groups in total. The van der Waals surface area contributed by atoms with Gasteiger partial charge in [-0.2, -0.15) is 0 Å². The predicted octanol–water partition coefficient (Wildman–Crippen LogP) is 3.95. The summed E-state index contributed by atoms with van der Waals surface area (Å²) in [6.45, 7) is 4.85. The molecule has 0 bridgehead atoms. The Bertz CT molecular complexity index is 187. The molecule has 2 aliphatic rings. The van der Waals surface area contributed by atoms with Crippen LogP contribution in [0.4, 0.5) is 0 Å². The van der Waals surface area contributed by atoms with Gasteiger partial charge < -0.3 is 4.43 Å². The van der Waals surface area contributed by atoms with Crippen LogP contribution in [0.15, 0.2) is 0 Å². The Kier molecular flexibility index (Phi) is 3.33. The minimum Gasteiger partial charge on any atom is -0.414 e. The van der Waals surface area contributed by atoms with Gasteiger partial charge in [0.2, 0.25) is 0 Å². The molecule has 0 aromatic carbocycles. The maximum atomic E-state index is 6.49. The molecule has 2 heteroatoms. The number of hydrogen-bond donors (Lipinski definition) is 0. The molecule has 0 amide bonds. The van der Waals surface area contributed by atoms with Gasteiger partial charge in [0.25, 0.3) is 0 Å². The van der Waals surface area contributed by atoms with E-state index in [2.05, 4.69) is 13.5 Å². The van der Waals surface area contributed by atoms with E-state index < -0.39 is 8.32 Å². The van der Waals surface area contributed by atoms with Gasteiger partial charge in [-0.15, -0.1) is 0 Å². The fourth-order valence-electron chi connectivity index (χ4n) is 3.06. The molecule has 2 unspecified atom stereocenters. The molecule has 1 aliphatic carbocycles. The lowest BCUT2D eigenvalue weighted by Gasteiger charge is -2.35. The SMILES string of the molecule is CC1CCCCC1O[Si]1(C)CCCC1. The standard InChI is InChI=1S/C12H24OSi/c1-11-7-3-4-8-12(11)13-14(2)9-5-6-10-14/h11-12H,3-10H2,1-2H3. The highest BCUT2D eigenvalue weighted by molar-refractivity contribution is 6.73. The van der Waals surface area contributed by atoms with E-state index in [9.17, 15) is 0 Å². The zero-order valence-electron chi connectivity index (χ0n) is 9.72. The van der Waals surface area contributed by atoms with E-state index in [1.807, 2.05) is 0 Å². The molecule has 1 aliphatic heterocycles. The fraction of sp³-hybridized carbons (Fsp3) is 1.00. The molecule has 2 rings (SSSR count). The topological polar surface area (TPSA) is 9.23 Å². The van der Waals surface area contributed by atoms with Crippen molar-refractivity contribution in [3.8, 4) is 0 Å². The van der Waals surface area contributed by atoms with Crippen molar-refractivity contribution in [1.82, 2.24) is 0 Å². The van der Waals surface area contributed by atoms with E-state index in [1.165, 1.54) is 50.6 Å². The fourth-order valence-corrected chi connectivity index (χ4v) is 6.63.